The van der Waals surface area contributed by atoms with Crippen LogP contribution in [0.4, 0.5) is 8.78 Å². The monoisotopic (exact) mass is 290 g/mol. The first-order valence-corrected chi connectivity index (χ1v) is 8.28. The van der Waals surface area contributed by atoms with Gasteiger partial charge in [0.05, 0.1) is 0 Å². The summed E-state index contributed by atoms with van der Waals surface area (Å²) in [5, 5.41) is 0. The first-order chi connectivity index (χ1) is 10.1. The van der Waals surface area contributed by atoms with E-state index < -0.39 is 11.6 Å². The van der Waals surface area contributed by atoms with Gasteiger partial charge in [0.1, 0.15) is 0 Å². The van der Waals surface area contributed by atoms with Gasteiger partial charge in [-0.25, -0.2) is 8.78 Å². The van der Waals surface area contributed by atoms with Crippen molar-refractivity contribution < 1.29 is 8.78 Å². The smallest absolute Gasteiger partial charge is 0.159 e. The van der Waals surface area contributed by atoms with Crippen LogP contribution in [0.2, 0.25) is 0 Å². The highest BCUT2D eigenvalue weighted by Crippen LogP contribution is 2.41. The molecule has 3 rings (SSSR count). The van der Waals surface area contributed by atoms with Crippen LogP contribution in [0, 0.1) is 29.4 Å². The van der Waals surface area contributed by atoms with Crippen LogP contribution in [0.3, 0.4) is 0 Å². The molecule has 2 aliphatic rings. The zero-order chi connectivity index (χ0) is 14.8. The summed E-state index contributed by atoms with van der Waals surface area (Å²) in [5.41, 5.74) is 2.04. The van der Waals surface area contributed by atoms with Crippen molar-refractivity contribution in [2.24, 2.45) is 17.8 Å². The molecule has 0 saturated heterocycles. The average Bonchev–Trinajstić information content (AvgIpc) is 2.51. The van der Waals surface area contributed by atoms with Gasteiger partial charge in [0.25, 0.3) is 0 Å². The highest BCUT2D eigenvalue weighted by atomic mass is 19.2. The predicted molar refractivity (Wildman–Crippen MR) is 82.8 cm³/mol. The number of rotatable bonds is 2. The number of hydrogen-bond donors (Lipinski definition) is 0. The van der Waals surface area contributed by atoms with Gasteiger partial charge in [-0.05, 0) is 73.1 Å². The minimum absolute atomic E-state index is 0.739. The Labute approximate surface area is 126 Å². The van der Waals surface area contributed by atoms with E-state index in [0.717, 1.165) is 36.2 Å². The lowest BCUT2D eigenvalue weighted by molar-refractivity contribution is 0.202. The van der Waals surface area contributed by atoms with E-state index in [-0.39, 0.29) is 0 Å². The van der Waals surface area contributed by atoms with Crippen molar-refractivity contribution in [2.75, 3.05) is 0 Å². The molecule has 2 heteroatoms. The summed E-state index contributed by atoms with van der Waals surface area (Å²) in [4.78, 5) is 0. The van der Waals surface area contributed by atoms with Crippen molar-refractivity contribution in [3.05, 3.63) is 41.5 Å². The van der Waals surface area contributed by atoms with Crippen molar-refractivity contribution in [3.63, 3.8) is 0 Å². The Balaban J connectivity index is 1.65. The molecule has 114 valence electrons. The zero-order valence-electron chi connectivity index (χ0n) is 12.7. The van der Waals surface area contributed by atoms with Gasteiger partial charge in [-0.2, -0.15) is 0 Å². The molecule has 1 aromatic rings. The van der Waals surface area contributed by atoms with Crippen LogP contribution in [0.25, 0.3) is 5.57 Å². The molecule has 0 aliphatic heterocycles. The third kappa shape index (κ3) is 3.36. The highest BCUT2D eigenvalue weighted by molar-refractivity contribution is 5.66. The van der Waals surface area contributed by atoms with Gasteiger partial charge in [0, 0.05) is 0 Å². The topological polar surface area (TPSA) is 0 Å². The van der Waals surface area contributed by atoms with Crippen molar-refractivity contribution in [1.29, 1.82) is 0 Å². The quantitative estimate of drug-likeness (QED) is 0.629. The Kier molecular flexibility index (Phi) is 4.42. The largest absolute Gasteiger partial charge is 0.204 e. The molecule has 1 saturated carbocycles. The Bertz CT molecular complexity index is 524. The number of hydrogen-bond acceptors (Lipinski definition) is 0. The molecule has 1 unspecified atom stereocenters. The summed E-state index contributed by atoms with van der Waals surface area (Å²) in [7, 11) is 0. The zero-order valence-corrected chi connectivity index (χ0v) is 12.7. The molecule has 21 heavy (non-hydrogen) atoms. The molecule has 1 atom stereocenters. The van der Waals surface area contributed by atoms with E-state index in [0.29, 0.717) is 0 Å². The van der Waals surface area contributed by atoms with Crippen LogP contribution in [0.1, 0.15) is 57.4 Å². The molecular weight excluding hydrogens is 266 g/mol. The van der Waals surface area contributed by atoms with Gasteiger partial charge in [0.2, 0.25) is 0 Å². The van der Waals surface area contributed by atoms with Crippen LogP contribution >= 0.6 is 0 Å². The fourth-order valence-electron chi connectivity index (χ4n) is 4.00. The molecular formula is C19H24F2. The summed E-state index contributed by atoms with van der Waals surface area (Å²) in [6.07, 6.45) is 11.1. The van der Waals surface area contributed by atoms with Crippen molar-refractivity contribution in [1.82, 2.24) is 0 Å². The van der Waals surface area contributed by atoms with Gasteiger partial charge >= 0.3 is 0 Å². The van der Waals surface area contributed by atoms with Crippen molar-refractivity contribution in [2.45, 2.75) is 51.9 Å². The Morgan fingerprint density at radius 3 is 2.29 bits per heavy atom. The molecule has 0 bridgehead atoms. The SMILES string of the molecule is CC1CCC(C2CC=C(c3ccc(F)c(F)c3)CC2)CC1. The molecule has 0 N–H and O–H groups in total. The maximum Gasteiger partial charge on any atom is 0.159 e. The lowest BCUT2D eigenvalue weighted by Gasteiger charge is -2.34. The molecule has 0 aromatic heterocycles. The van der Waals surface area contributed by atoms with E-state index in [4.69, 9.17) is 0 Å². The van der Waals surface area contributed by atoms with E-state index in [9.17, 15) is 8.78 Å². The molecule has 0 heterocycles. The molecule has 2 aliphatic carbocycles. The molecule has 0 nitrogen and oxygen atoms in total. The lowest BCUT2D eigenvalue weighted by atomic mass is 9.71. The van der Waals surface area contributed by atoms with Gasteiger partial charge < -0.3 is 0 Å². The summed E-state index contributed by atoms with van der Waals surface area (Å²) in [6, 6.07) is 4.27. The Morgan fingerprint density at radius 2 is 1.67 bits per heavy atom. The van der Waals surface area contributed by atoms with Gasteiger partial charge in [-0.3, -0.25) is 0 Å². The predicted octanol–water partition coefficient (Wildman–Crippen LogP) is 5.97. The average molecular weight is 290 g/mol. The third-order valence-corrected chi connectivity index (χ3v) is 5.47. The standard InChI is InChI=1S/C19H24F2/c1-13-2-4-14(5-3-13)15-6-8-16(9-7-15)17-10-11-18(20)19(21)12-17/h8,10-15H,2-7,9H2,1H3. The third-order valence-electron chi connectivity index (χ3n) is 5.47. The van der Waals surface area contributed by atoms with E-state index in [1.807, 2.05) is 0 Å². The van der Waals surface area contributed by atoms with Gasteiger partial charge in [0.15, 0.2) is 11.6 Å². The highest BCUT2D eigenvalue weighted by Gasteiger charge is 2.27. The second-order valence-electron chi connectivity index (χ2n) is 6.91. The molecule has 1 aromatic carbocycles. The molecule has 1 fully saturated rings. The summed E-state index contributed by atoms with van der Waals surface area (Å²) < 4.78 is 26.3. The van der Waals surface area contributed by atoms with Crippen LogP contribution in [-0.2, 0) is 0 Å². The maximum absolute atomic E-state index is 13.3. The van der Waals surface area contributed by atoms with Gasteiger partial charge in [-0.1, -0.05) is 31.9 Å². The molecule has 0 amide bonds. The van der Waals surface area contributed by atoms with Crippen LogP contribution in [-0.4, -0.2) is 0 Å². The van der Waals surface area contributed by atoms with E-state index in [1.54, 1.807) is 6.07 Å². The summed E-state index contributed by atoms with van der Waals surface area (Å²) in [5.74, 6) is 1.08. The van der Waals surface area contributed by atoms with Crippen LogP contribution in [0.15, 0.2) is 24.3 Å². The number of allylic oxidation sites excluding steroid dienone is 2. The van der Waals surface area contributed by atoms with Crippen LogP contribution < -0.4 is 0 Å². The fourth-order valence-corrected chi connectivity index (χ4v) is 4.00. The number of halogens is 2. The van der Waals surface area contributed by atoms with Gasteiger partial charge in [-0.15, -0.1) is 0 Å². The fraction of sp³-hybridized carbons (Fsp3) is 0.579. The van der Waals surface area contributed by atoms with Crippen molar-refractivity contribution >= 4 is 5.57 Å². The lowest BCUT2D eigenvalue weighted by Crippen LogP contribution is -2.22. The summed E-state index contributed by atoms with van der Waals surface area (Å²) >= 11 is 0. The second-order valence-corrected chi connectivity index (χ2v) is 6.91. The van der Waals surface area contributed by atoms with E-state index >= 15 is 0 Å². The molecule has 0 spiro atoms. The Morgan fingerprint density at radius 1 is 0.905 bits per heavy atom. The van der Waals surface area contributed by atoms with Crippen molar-refractivity contribution in [3.8, 4) is 0 Å². The Hall–Kier alpha value is -1.18. The van der Waals surface area contributed by atoms with E-state index in [1.165, 1.54) is 49.8 Å². The minimum Gasteiger partial charge on any atom is -0.204 e. The second kappa shape index (κ2) is 6.29. The maximum atomic E-state index is 13.3. The van der Waals surface area contributed by atoms with E-state index in [2.05, 4.69) is 13.0 Å². The normalized spacial score (nSPS) is 30.0. The molecule has 0 radical (unpaired) electrons. The first-order valence-electron chi connectivity index (χ1n) is 8.28. The summed E-state index contributed by atoms with van der Waals surface area (Å²) in [6.45, 7) is 2.36. The van der Waals surface area contributed by atoms with Crippen LogP contribution in [0.5, 0.6) is 0 Å². The minimum atomic E-state index is -0.760. The first kappa shape index (κ1) is 14.7. The number of benzene rings is 1.